The van der Waals surface area contributed by atoms with E-state index in [0.29, 0.717) is 16.7 Å². The number of nitrogen functional groups attached to an aromatic ring is 1. The molecule has 0 radical (unpaired) electrons. The van der Waals surface area contributed by atoms with Gasteiger partial charge in [0.05, 0.1) is 18.6 Å². The number of carbonyl (C=O) groups excluding carboxylic acids is 1. The van der Waals surface area contributed by atoms with Gasteiger partial charge >= 0.3 is 0 Å². The highest BCUT2D eigenvalue weighted by atomic mass is 32.2. The van der Waals surface area contributed by atoms with Crippen LogP contribution in [0, 0.1) is 12.3 Å². The number of thioether (sulfide) groups is 1. The van der Waals surface area contributed by atoms with Crippen molar-refractivity contribution < 1.29 is 9.21 Å². The summed E-state index contributed by atoms with van der Waals surface area (Å²) < 4.78 is 6.45. The zero-order valence-electron chi connectivity index (χ0n) is 9.87. The van der Waals surface area contributed by atoms with Crippen LogP contribution in [0.1, 0.15) is 0 Å². The van der Waals surface area contributed by atoms with E-state index < -0.39 is 0 Å². The number of furan rings is 1. The molecule has 0 aliphatic heterocycles. The van der Waals surface area contributed by atoms with E-state index in [1.165, 1.54) is 22.7 Å². The summed E-state index contributed by atoms with van der Waals surface area (Å²) in [5, 5.41) is 10.8. The van der Waals surface area contributed by atoms with Crippen LogP contribution in [0.3, 0.4) is 0 Å². The number of hydrogen-bond acceptors (Lipinski definition) is 6. The van der Waals surface area contributed by atoms with Crippen LogP contribution >= 0.6 is 11.8 Å². The molecular weight excluding hydrogens is 266 g/mol. The maximum absolute atomic E-state index is 11.4. The topological polar surface area (TPSA) is 99.0 Å². The maximum Gasteiger partial charge on any atom is 0.231 e. The predicted molar refractivity (Wildman–Crippen MR) is 70.4 cm³/mol. The van der Waals surface area contributed by atoms with Gasteiger partial charge < -0.3 is 15.6 Å². The van der Waals surface area contributed by atoms with Crippen molar-refractivity contribution in [2.24, 2.45) is 0 Å². The van der Waals surface area contributed by atoms with Gasteiger partial charge in [-0.05, 0) is 12.1 Å². The summed E-state index contributed by atoms with van der Waals surface area (Å²) >= 11 is 1.17. The molecule has 8 heteroatoms. The Bertz CT molecular complexity index is 599. The van der Waals surface area contributed by atoms with Gasteiger partial charge in [0.25, 0.3) is 0 Å². The molecule has 0 saturated carbocycles. The van der Waals surface area contributed by atoms with Crippen LogP contribution in [0.4, 0.5) is 0 Å². The fourth-order valence-corrected chi connectivity index (χ4v) is 1.97. The molecule has 2 aromatic heterocycles. The minimum Gasteiger partial charge on any atom is -0.461 e. The quantitative estimate of drug-likeness (QED) is 0.456. The highest BCUT2D eigenvalue weighted by Gasteiger charge is 2.15. The lowest BCUT2D eigenvalue weighted by Crippen LogP contribution is -2.25. The lowest BCUT2D eigenvalue weighted by Gasteiger charge is -2.02. The highest BCUT2D eigenvalue weighted by Crippen LogP contribution is 2.21. The van der Waals surface area contributed by atoms with Crippen LogP contribution in [0.15, 0.2) is 28.0 Å². The summed E-state index contributed by atoms with van der Waals surface area (Å²) in [5.74, 6) is 9.03. The van der Waals surface area contributed by atoms with Gasteiger partial charge in [0.15, 0.2) is 5.76 Å². The molecule has 0 fully saturated rings. The monoisotopic (exact) mass is 277 g/mol. The van der Waals surface area contributed by atoms with Crippen molar-refractivity contribution in [2.45, 2.75) is 5.16 Å². The predicted octanol–water partition coefficient (Wildman–Crippen LogP) is 0.0934. The van der Waals surface area contributed by atoms with E-state index in [1.807, 2.05) is 0 Å². The normalized spacial score (nSPS) is 10.1. The first-order valence-corrected chi connectivity index (χ1v) is 6.28. The first-order chi connectivity index (χ1) is 9.22. The van der Waals surface area contributed by atoms with Crippen LogP contribution in [0.2, 0.25) is 0 Å². The molecular formula is C11H11N5O2S. The Hall–Kier alpha value is -2.40. The molecule has 1 amide bonds. The molecule has 0 aliphatic rings. The Morgan fingerprint density at radius 2 is 2.47 bits per heavy atom. The third-order valence-corrected chi connectivity index (χ3v) is 3.07. The number of hydrogen-bond donors (Lipinski definition) is 2. The number of nitrogens with one attached hydrogen (secondary N) is 1. The highest BCUT2D eigenvalue weighted by molar-refractivity contribution is 7.99. The molecule has 0 atom stereocenters. The van der Waals surface area contributed by atoms with Gasteiger partial charge in [-0.1, -0.05) is 17.7 Å². The van der Waals surface area contributed by atoms with Crippen molar-refractivity contribution in [1.82, 2.24) is 20.2 Å². The molecule has 0 saturated heterocycles. The zero-order valence-corrected chi connectivity index (χ0v) is 10.7. The number of carbonyl (C=O) groups is 1. The van der Waals surface area contributed by atoms with E-state index in [2.05, 4.69) is 21.4 Å². The summed E-state index contributed by atoms with van der Waals surface area (Å²) in [5.41, 5.74) is 0. The zero-order chi connectivity index (χ0) is 13.7. The van der Waals surface area contributed by atoms with Crippen molar-refractivity contribution in [3.05, 3.63) is 18.4 Å². The Labute approximate surface area is 113 Å². The second-order valence-electron chi connectivity index (χ2n) is 3.42. The Morgan fingerprint density at radius 3 is 3.16 bits per heavy atom. The van der Waals surface area contributed by atoms with Gasteiger partial charge in [-0.25, -0.2) is 4.68 Å². The van der Waals surface area contributed by atoms with Crippen molar-refractivity contribution in [3.63, 3.8) is 0 Å². The second-order valence-corrected chi connectivity index (χ2v) is 4.37. The van der Waals surface area contributed by atoms with Gasteiger partial charge in [-0.2, -0.15) is 0 Å². The number of rotatable bonds is 5. The molecule has 3 N–H and O–H groups in total. The standard InChI is InChI=1S/C11H11N5O2S/c1-2-5-13-9(17)7-19-11-15-14-10(16(11)12)8-4-3-6-18-8/h1,3-4,6H,5,7,12H2,(H,13,17). The van der Waals surface area contributed by atoms with Crippen molar-refractivity contribution in [2.75, 3.05) is 18.1 Å². The molecule has 0 aliphatic carbocycles. The van der Waals surface area contributed by atoms with Crippen molar-refractivity contribution in [1.29, 1.82) is 0 Å². The molecule has 0 spiro atoms. The number of nitrogens with two attached hydrogens (primary N) is 1. The lowest BCUT2D eigenvalue weighted by molar-refractivity contribution is -0.118. The summed E-state index contributed by atoms with van der Waals surface area (Å²) in [6, 6.07) is 3.45. The van der Waals surface area contributed by atoms with Crippen LogP contribution in [-0.4, -0.2) is 33.1 Å². The maximum atomic E-state index is 11.4. The van der Waals surface area contributed by atoms with Crippen LogP contribution < -0.4 is 11.2 Å². The van der Waals surface area contributed by atoms with Gasteiger partial charge in [-0.15, -0.1) is 16.6 Å². The Balaban J connectivity index is 1.99. The molecule has 19 heavy (non-hydrogen) atoms. The molecule has 0 unspecified atom stereocenters. The minimum atomic E-state index is -0.189. The molecule has 2 aromatic rings. The van der Waals surface area contributed by atoms with Gasteiger partial charge in [0, 0.05) is 0 Å². The minimum absolute atomic E-state index is 0.162. The first kappa shape index (κ1) is 13.0. The van der Waals surface area contributed by atoms with Gasteiger partial charge in [0.1, 0.15) is 0 Å². The third-order valence-electron chi connectivity index (χ3n) is 2.13. The summed E-state index contributed by atoms with van der Waals surface area (Å²) in [6.07, 6.45) is 6.56. The van der Waals surface area contributed by atoms with Gasteiger partial charge in [-0.3, -0.25) is 4.79 Å². The molecule has 2 heterocycles. The SMILES string of the molecule is C#CCNC(=O)CSc1nnc(-c2ccco2)n1N. The summed E-state index contributed by atoms with van der Waals surface area (Å²) in [6.45, 7) is 0.201. The Kier molecular flexibility index (Phi) is 4.10. The van der Waals surface area contributed by atoms with Gasteiger partial charge in [0.2, 0.25) is 16.9 Å². The van der Waals surface area contributed by atoms with E-state index in [9.17, 15) is 4.79 Å². The average Bonchev–Trinajstić information content (AvgIpc) is 3.03. The summed E-state index contributed by atoms with van der Waals surface area (Å²) in [7, 11) is 0. The average molecular weight is 277 g/mol. The first-order valence-electron chi connectivity index (χ1n) is 5.29. The van der Waals surface area contributed by atoms with E-state index >= 15 is 0 Å². The molecule has 0 bridgehead atoms. The second kappa shape index (κ2) is 5.97. The lowest BCUT2D eigenvalue weighted by atomic mass is 10.4. The number of nitrogens with zero attached hydrogens (tertiary/aromatic N) is 3. The van der Waals surface area contributed by atoms with Crippen molar-refractivity contribution >= 4 is 17.7 Å². The van der Waals surface area contributed by atoms with Crippen molar-refractivity contribution in [3.8, 4) is 23.9 Å². The fraction of sp³-hybridized carbons (Fsp3) is 0.182. The third kappa shape index (κ3) is 3.08. The van der Waals surface area contributed by atoms with E-state index in [0.717, 1.165) is 0 Å². The largest absolute Gasteiger partial charge is 0.461 e. The number of aromatic nitrogens is 3. The Morgan fingerprint density at radius 1 is 1.63 bits per heavy atom. The smallest absolute Gasteiger partial charge is 0.231 e. The summed E-state index contributed by atoms with van der Waals surface area (Å²) in [4.78, 5) is 11.4. The van der Waals surface area contributed by atoms with E-state index in [-0.39, 0.29) is 18.2 Å². The number of amides is 1. The molecule has 98 valence electrons. The van der Waals surface area contributed by atoms with E-state index in [4.69, 9.17) is 16.7 Å². The fourth-order valence-electron chi connectivity index (χ4n) is 1.28. The van der Waals surface area contributed by atoms with E-state index in [1.54, 1.807) is 12.1 Å². The van der Waals surface area contributed by atoms with Crippen LogP contribution in [-0.2, 0) is 4.79 Å². The van der Waals surface area contributed by atoms with Crippen LogP contribution in [0.5, 0.6) is 0 Å². The molecule has 2 rings (SSSR count). The number of terminal acetylenes is 1. The molecule has 7 nitrogen and oxygen atoms in total. The van der Waals surface area contributed by atoms with Crippen LogP contribution in [0.25, 0.3) is 11.6 Å². The molecule has 0 aromatic carbocycles.